The fraction of sp³-hybridized carbons (Fsp3) is 0.250. The van der Waals surface area contributed by atoms with E-state index < -0.39 is 0 Å². The standard InChI is InChI=1S/C28H28NO4/c1-18(19-8-6-5-7-9-19)33-28-23-17-29-13-12-21-15-26(31-3)27(32-4)16-22(21)24(29)14-20(23)10-11-25(28)30-2/h5-11,14-18H,12-13H2,1-4H3/q+1. The summed E-state index contributed by atoms with van der Waals surface area (Å²) in [4.78, 5) is 0. The van der Waals surface area contributed by atoms with Crippen LogP contribution in [0.5, 0.6) is 23.0 Å². The predicted octanol–water partition coefficient (Wildman–Crippen LogP) is 5.52. The zero-order valence-electron chi connectivity index (χ0n) is 19.4. The summed E-state index contributed by atoms with van der Waals surface area (Å²) in [6, 6.07) is 20.7. The lowest BCUT2D eigenvalue weighted by Crippen LogP contribution is -2.40. The molecule has 0 radical (unpaired) electrons. The molecule has 0 saturated heterocycles. The Morgan fingerprint density at radius 3 is 2.27 bits per heavy atom. The summed E-state index contributed by atoms with van der Waals surface area (Å²) in [6.45, 7) is 2.94. The van der Waals surface area contributed by atoms with Crippen LogP contribution >= 0.6 is 0 Å². The van der Waals surface area contributed by atoms with E-state index in [0.717, 1.165) is 63.6 Å². The van der Waals surface area contributed by atoms with E-state index in [0.29, 0.717) is 0 Å². The topological polar surface area (TPSA) is 40.8 Å². The van der Waals surface area contributed by atoms with Gasteiger partial charge in [-0.3, -0.25) is 0 Å². The number of fused-ring (bicyclic) bond motifs is 4. The van der Waals surface area contributed by atoms with Crippen molar-refractivity contribution in [1.82, 2.24) is 0 Å². The van der Waals surface area contributed by atoms with Gasteiger partial charge in [0.25, 0.3) is 0 Å². The van der Waals surface area contributed by atoms with E-state index in [1.165, 1.54) is 5.56 Å². The van der Waals surface area contributed by atoms with Crippen molar-refractivity contribution in [2.45, 2.75) is 26.0 Å². The van der Waals surface area contributed by atoms with Gasteiger partial charge in [-0.2, -0.15) is 4.57 Å². The van der Waals surface area contributed by atoms with Crippen LogP contribution in [0.4, 0.5) is 0 Å². The van der Waals surface area contributed by atoms with Crippen LogP contribution < -0.4 is 23.5 Å². The molecule has 5 rings (SSSR count). The second kappa shape index (κ2) is 8.66. The fourth-order valence-corrected chi connectivity index (χ4v) is 4.59. The predicted molar refractivity (Wildman–Crippen MR) is 128 cm³/mol. The molecule has 0 fully saturated rings. The maximum absolute atomic E-state index is 6.49. The largest absolute Gasteiger partial charge is 0.493 e. The zero-order valence-corrected chi connectivity index (χ0v) is 19.4. The van der Waals surface area contributed by atoms with Gasteiger partial charge in [0.1, 0.15) is 6.10 Å². The fourth-order valence-electron chi connectivity index (χ4n) is 4.59. The van der Waals surface area contributed by atoms with Crippen LogP contribution in [0, 0.1) is 0 Å². The van der Waals surface area contributed by atoms with Crippen molar-refractivity contribution in [1.29, 1.82) is 0 Å². The molecule has 0 N–H and O–H groups in total. The van der Waals surface area contributed by atoms with Crippen LogP contribution in [-0.2, 0) is 13.0 Å². The molecule has 1 aliphatic rings. The van der Waals surface area contributed by atoms with Crippen molar-refractivity contribution in [3.05, 3.63) is 78.0 Å². The molecule has 1 unspecified atom stereocenters. The first-order valence-electron chi connectivity index (χ1n) is 11.1. The van der Waals surface area contributed by atoms with Gasteiger partial charge in [-0.05, 0) is 47.7 Å². The van der Waals surface area contributed by atoms with Gasteiger partial charge in [-0.25, -0.2) is 0 Å². The number of aromatic nitrogens is 1. The van der Waals surface area contributed by atoms with Crippen LogP contribution in [0.1, 0.15) is 24.2 Å². The third-order valence-corrected chi connectivity index (χ3v) is 6.37. The minimum Gasteiger partial charge on any atom is -0.493 e. The Morgan fingerprint density at radius 1 is 0.818 bits per heavy atom. The molecule has 0 spiro atoms. The molecule has 5 heteroatoms. The molecule has 1 aliphatic heterocycles. The van der Waals surface area contributed by atoms with Gasteiger partial charge < -0.3 is 18.9 Å². The van der Waals surface area contributed by atoms with E-state index in [1.807, 2.05) is 24.3 Å². The van der Waals surface area contributed by atoms with Gasteiger partial charge in [0.05, 0.1) is 32.3 Å². The molecule has 33 heavy (non-hydrogen) atoms. The summed E-state index contributed by atoms with van der Waals surface area (Å²) in [5, 5.41) is 2.13. The highest BCUT2D eigenvalue weighted by atomic mass is 16.5. The maximum Gasteiger partial charge on any atom is 0.213 e. The Morgan fingerprint density at radius 2 is 1.55 bits per heavy atom. The van der Waals surface area contributed by atoms with Crippen molar-refractivity contribution < 1.29 is 23.5 Å². The average molecular weight is 443 g/mol. The molecule has 2 heterocycles. The van der Waals surface area contributed by atoms with Gasteiger partial charge in [-0.15, -0.1) is 0 Å². The quantitative estimate of drug-likeness (QED) is 0.369. The molecule has 1 atom stereocenters. The molecule has 0 saturated carbocycles. The monoisotopic (exact) mass is 442 g/mol. The summed E-state index contributed by atoms with van der Waals surface area (Å²) >= 11 is 0. The van der Waals surface area contributed by atoms with Gasteiger partial charge in [0.2, 0.25) is 5.69 Å². The van der Waals surface area contributed by atoms with Crippen LogP contribution in [0.25, 0.3) is 22.0 Å². The average Bonchev–Trinajstić information content (AvgIpc) is 2.87. The highest BCUT2D eigenvalue weighted by Gasteiger charge is 2.27. The molecular formula is C28H28NO4+. The van der Waals surface area contributed by atoms with E-state index in [4.69, 9.17) is 18.9 Å². The Balaban J connectivity index is 1.63. The lowest BCUT2D eigenvalue weighted by atomic mass is 9.95. The summed E-state index contributed by atoms with van der Waals surface area (Å²) in [7, 11) is 5.03. The number of aryl methyl sites for hydroxylation is 2. The Bertz CT molecular complexity index is 1320. The van der Waals surface area contributed by atoms with Crippen molar-refractivity contribution >= 4 is 10.8 Å². The molecule has 0 bridgehead atoms. The summed E-state index contributed by atoms with van der Waals surface area (Å²) < 4.78 is 25.5. The molecule has 4 aromatic rings. The van der Waals surface area contributed by atoms with Crippen molar-refractivity contribution in [2.75, 3.05) is 21.3 Å². The van der Waals surface area contributed by atoms with Crippen LogP contribution in [0.15, 0.2) is 66.9 Å². The number of benzene rings is 3. The smallest absolute Gasteiger partial charge is 0.213 e. The minimum atomic E-state index is -0.107. The normalized spacial score (nSPS) is 13.1. The molecule has 0 aliphatic carbocycles. The molecule has 0 amide bonds. The molecule has 3 aromatic carbocycles. The van der Waals surface area contributed by atoms with E-state index in [1.54, 1.807) is 21.3 Å². The first-order chi connectivity index (χ1) is 16.1. The van der Waals surface area contributed by atoms with E-state index >= 15 is 0 Å². The SMILES string of the molecule is COc1cc2c(cc1OC)-c1cc3ccc(OC)c(OC(C)c4ccccc4)c3c[n+]1CC2. The zero-order chi connectivity index (χ0) is 22.9. The number of methoxy groups -OCH3 is 3. The maximum atomic E-state index is 6.49. The summed E-state index contributed by atoms with van der Waals surface area (Å²) in [5.74, 6) is 2.99. The number of rotatable bonds is 6. The van der Waals surface area contributed by atoms with E-state index in [-0.39, 0.29) is 6.10 Å². The Hall–Kier alpha value is -3.73. The van der Waals surface area contributed by atoms with Gasteiger partial charge in [0.15, 0.2) is 35.7 Å². The number of hydrogen-bond acceptors (Lipinski definition) is 4. The third-order valence-electron chi connectivity index (χ3n) is 6.37. The number of pyridine rings is 1. The van der Waals surface area contributed by atoms with Crippen LogP contribution in [0.3, 0.4) is 0 Å². The van der Waals surface area contributed by atoms with Crippen molar-refractivity contribution in [2.24, 2.45) is 0 Å². The van der Waals surface area contributed by atoms with Crippen LogP contribution in [-0.4, -0.2) is 21.3 Å². The number of ether oxygens (including phenoxy) is 4. The van der Waals surface area contributed by atoms with Crippen molar-refractivity contribution in [3.8, 4) is 34.3 Å². The second-order valence-electron chi connectivity index (χ2n) is 8.24. The first-order valence-corrected chi connectivity index (χ1v) is 11.1. The molecule has 1 aromatic heterocycles. The van der Waals surface area contributed by atoms with Crippen molar-refractivity contribution in [3.63, 3.8) is 0 Å². The highest BCUT2D eigenvalue weighted by Crippen LogP contribution is 2.41. The van der Waals surface area contributed by atoms with Gasteiger partial charge in [-0.1, -0.05) is 30.3 Å². The first kappa shape index (κ1) is 21.1. The highest BCUT2D eigenvalue weighted by molar-refractivity contribution is 5.91. The summed E-state index contributed by atoms with van der Waals surface area (Å²) in [5.41, 5.74) is 4.69. The third kappa shape index (κ3) is 3.74. The number of hydrogen-bond donors (Lipinski definition) is 0. The van der Waals surface area contributed by atoms with Crippen LogP contribution in [0.2, 0.25) is 0 Å². The molecular weight excluding hydrogens is 414 g/mol. The lowest BCUT2D eigenvalue weighted by molar-refractivity contribution is -0.686. The lowest BCUT2D eigenvalue weighted by Gasteiger charge is -2.21. The minimum absolute atomic E-state index is 0.107. The molecule has 168 valence electrons. The molecule has 5 nitrogen and oxygen atoms in total. The second-order valence-corrected chi connectivity index (χ2v) is 8.24. The van der Waals surface area contributed by atoms with Gasteiger partial charge >= 0.3 is 0 Å². The Kier molecular flexibility index (Phi) is 5.55. The van der Waals surface area contributed by atoms with Gasteiger partial charge in [0, 0.05) is 12.5 Å². The Labute approximate surface area is 194 Å². The van der Waals surface area contributed by atoms with E-state index in [2.05, 4.69) is 54.1 Å². The summed E-state index contributed by atoms with van der Waals surface area (Å²) in [6.07, 6.45) is 2.99. The number of nitrogens with zero attached hydrogens (tertiary/aromatic N) is 1. The van der Waals surface area contributed by atoms with E-state index in [9.17, 15) is 0 Å².